The topological polar surface area (TPSA) is 72.8 Å². The summed E-state index contributed by atoms with van der Waals surface area (Å²) in [6.45, 7) is 0.638. The van der Waals surface area contributed by atoms with Gasteiger partial charge >= 0.3 is 12.2 Å². The van der Waals surface area contributed by atoms with E-state index in [4.69, 9.17) is 9.47 Å². The molecular weight excluding hydrogens is 432 g/mol. The molecule has 0 saturated carbocycles. The summed E-state index contributed by atoms with van der Waals surface area (Å²) in [5, 5.41) is 2.42. The molecule has 33 heavy (non-hydrogen) atoms. The monoisotopic (exact) mass is 455 g/mol. The van der Waals surface area contributed by atoms with E-state index < -0.39 is 23.8 Å². The average Bonchev–Trinajstić information content (AvgIpc) is 3.17. The van der Waals surface area contributed by atoms with Crippen molar-refractivity contribution in [2.24, 2.45) is 0 Å². The molecule has 1 aromatic heterocycles. The van der Waals surface area contributed by atoms with Crippen molar-refractivity contribution in [3.63, 3.8) is 0 Å². The highest BCUT2D eigenvalue weighted by Gasteiger charge is 2.23. The van der Waals surface area contributed by atoms with Crippen LogP contribution in [-0.2, 0) is 35.7 Å². The number of anilines is 1. The van der Waals surface area contributed by atoms with Crippen LogP contribution in [0.4, 0.5) is 24.1 Å². The number of amides is 2. The second-order valence-corrected chi connectivity index (χ2v) is 7.68. The van der Waals surface area contributed by atoms with Crippen molar-refractivity contribution in [2.45, 2.75) is 26.2 Å². The molecule has 7 nitrogen and oxygen atoms in total. The number of rotatable bonds is 5. The van der Waals surface area contributed by atoms with Crippen LogP contribution in [0.2, 0.25) is 0 Å². The molecule has 2 heterocycles. The van der Waals surface area contributed by atoms with Crippen molar-refractivity contribution >= 4 is 17.9 Å². The number of nitrogens with zero attached hydrogens (tertiary/aromatic N) is 2. The van der Waals surface area contributed by atoms with Gasteiger partial charge in [-0.05, 0) is 29.3 Å². The van der Waals surface area contributed by atoms with Gasteiger partial charge in [0.2, 0.25) is 0 Å². The SMILES string of the molecule is CNC(=O)OCc1cc(COC(=O)N(C)c2ccc(F)c(F)c2)n2c1Cc1ccccc1C2. The van der Waals surface area contributed by atoms with Crippen LogP contribution in [0.25, 0.3) is 0 Å². The van der Waals surface area contributed by atoms with Gasteiger partial charge in [-0.15, -0.1) is 0 Å². The highest BCUT2D eigenvalue weighted by molar-refractivity contribution is 5.86. The van der Waals surface area contributed by atoms with Gasteiger partial charge in [0, 0.05) is 50.1 Å². The highest BCUT2D eigenvalue weighted by Crippen LogP contribution is 2.29. The molecule has 0 fully saturated rings. The maximum absolute atomic E-state index is 13.5. The molecule has 3 aromatic rings. The lowest BCUT2D eigenvalue weighted by molar-refractivity contribution is 0.141. The number of ether oxygens (including phenoxy) is 2. The van der Waals surface area contributed by atoms with E-state index in [0.717, 1.165) is 39.5 Å². The maximum Gasteiger partial charge on any atom is 0.414 e. The number of carbonyl (C=O) groups is 2. The third kappa shape index (κ3) is 4.67. The van der Waals surface area contributed by atoms with Crippen LogP contribution in [0.1, 0.15) is 28.1 Å². The van der Waals surface area contributed by atoms with Gasteiger partial charge in [0.1, 0.15) is 13.2 Å². The fourth-order valence-electron chi connectivity index (χ4n) is 3.84. The molecule has 1 aliphatic heterocycles. The standard InChI is InChI=1S/C24H23F2N3O4/c1-27-23(30)32-13-17-9-19(29-12-16-6-4-3-5-15(16)10-22(17)29)14-33-24(31)28(2)18-7-8-20(25)21(26)11-18/h3-9,11H,10,12-14H2,1-2H3,(H,27,30). The molecule has 9 heteroatoms. The van der Waals surface area contributed by atoms with Gasteiger partial charge < -0.3 is 19.4 Å². The molecule has 0 bridgehead atoms. The Morgan fingerprint density at radius 3 is 2.52 bits per heavy atom. The highest BCUT2D eigenvalue weighted by atomic mass is 19.2. The van der Waals surface area contributed by atoms with Crippen LogP contribution in [0, 0.1) is 11.6 Å². The lowest BCUT2D eigenvalue weighted by Crippen LogP contribution is -2.27. The van der Waals surface area contributed by atoms with Crippen molar-refractivity contribution in [3.05, 3.63) is 88.2 Å². The predicted octanol–water partition coefficient (Wildman–Crippen LogP) is 4.35. The Kier molecular flexibility index (Phi) is 6.30. The normalized spacial score (nSPS) is 11.9. The van der Waals surface area contributed by atoms with Crippen molar-refractivity contribution in [3.8, 4) is 0 Å². The summed E-state index contributed by atoms with van der Waals surface area (Å²) in [6.07, 6.45) is -0.589. The van der Waals surface area contributed by atoms with Gasteiger partial charge in [-0.2, -0.15) is 0 Å². The third-order valence-corrected chi connectivity index (χ3v) is 5.66. The number of fused-ring (bicyclic) bond motifs is 2. The molecule has 0 atom stereocenters. The molecule has 4 rings (SSSR count). The van der Waals surface area contributed by atoms with Gasteiger partial charge in [0.05, 0.1) is 5.69 Å². The molecule has 1 aliphatic rings. The number of benzene rings is 2. The molecule has 0 aliphatic carbocycles. The number of alkyl carbamates (subject to hydrolysis) is 1. The molecule has 2 aromatic carbocycles. The summed E-state index contributed by atoms with van der Waals surface area (Å²) >= 11 is 0. The first kappa shape index (κ1) is 22.3. The Hall–Kier alpha value is -3.88. The second kappa shape index (κ2) is 9.32. The maximum atomic E-state index is 13.5. The van der Waals surface area contributed by atoms with E-state index in [0.29, 0.717) is 13.0 Å². The molecule has 172 valence electrons. The van der Waals surface area contributed by atoms with E-state index in [-0.39, 0.29) is 18.9 Å². The molecule has 0 unspecified atom stereocenters. The quantitative estimate of drug-likeness (QED) is 0.486. The third-order valence-electron chi connectivity index (χ3n) is 5.66. The Morgan fingerprint density at radius 2 is 1.79 bits per heavy atom. The van der Waals surface area contributed by atoms with Gasteiger partial charge in [0.25, 0.3) is 0 Å². The Labute approximate surface area is 189 Å². The van der Waals surface area contributed by atoms with Gasteiger partial charge in [-0.3, -0.25) is 4.90 Å². The minimum absolute atomic E-state index is 0.0397. The minimum atomic E-state index is -1.05. The number of aromatic nitrogens is 1. The van der Waals surface area contributed by atoms with Gasteiger partial charge in [0.15, 0.2) is 11.6 Å². The van der Waals surface area contributed by atoms with E-state index in [1.54, 1.807) is 0 Å². The van der Waals surface area contributed by atoms with Crippen molar-refractivity contribution in [2.75, 3.05) is 19.0 Å². The number of carbonyl (C=O) groups excluding carboxylic acids is 2. The Bertz CT molecular complexity index is 1210. The molecule has 0 spiro atoms. The molecule has 2 amide bonds. The first-order valence-corrected chi connectivity index (χ1v) is 10.3. The van der Waals surface area contributed by atoms with E-state index in [1.165, 1.54) is 25.7 Å². The first-order valence-electron chi connectivity index (χ1n) is 10.3. The fourth-order valence-corrected chi connectivity index (χ4v) is 3.84. The second-order valence-electron chi connectivity index (χ2n) is 7.68. The van der Waals surface area contributed by atoms with E-state index in [1.807, 2.05) is 24.3 Å². The van der Waals surface area contributed by atoms with E-state index in [2.05, 4.69) is 16.0 Å². The summed E-state index contributed by atoms with van der Waals surface area (Å²) in [5.74, 6) is -2.04. The van der Waals surface area contributed by atoms with Crippen molar-refractivity contribution in [1.29, 1.82) is 0 Å². The fraction of sp³-hybridized carbons (Fsp3) is 0.250. The van der Waals surface area contributed by atoms with E-state index >= 15 is 0 Å². The van der Waals surface area contributed by atoms with Crippen LogP contribution in [0.3, 0.4) is 0 Å². The summed E-state index contributed by atoms with van der Waals surface area (Å²) in [7, 11) is 2.91. The number of halogens is 2. The lowest BCUT2D eigenvalue weighted by Gasteiger charge is -2.23. The van der Waals surface area contributed by atoms with Crippen molar-refractivity contribution in [1.82, 2.24) is 9.88 Å². The average molecular weight is 455 g/mol. The molecule has 0 saturated heterocycles. The van der Waals surface area contributed by atoms with E-state index in [9.17, 15) is 18.4 Å². The lowest BCUT2D eigenvalue weighted by atomic mass is 9.98. The Morgan fingerprint density at radius 1 is 1.03 bits per heavy atom. The molecule has 0 radical (unpaired) electrons. The zero-order valence-corrected chi connectivity index (χ0v) is 18.2. The Balaban J connectivity index is 1.53. The largest absolute Gasteiger partial charge is 0.445 e. The van der Waals surface area contributed by atoms with Crippen LogP contribution in [0.5, 0.6) is 0 Å². The summed E-state index contributed by atoms with van der Waals surface area (Å²) < 4.78 is 39.5. The zero-order valence-electron chi connectivity index (χ0n) is 18.2. The smallest absolute Gasteiger partial charge is 0.414 e. The van der Waals surface area contributed by atoms with Gasteiger partial charge in [-0.25, -0.2) is 18.4 Å². The number of hydrogen-bond donors (Lipinski definition) is 1. The van der Waals surface area contributed by atoms with Crippen LogP contribution in [0.15, 0.2) is 48.5 Å². The number of hydrogen-bond acceptors (Lipinski definition) is 4. The predicted molar refractivity (Wildman–Crippen MR) is 117 cm³/mol. The van der Waals surface area contributed by atoms with Crippen LogP contribution in [-0.4, -0.2) is 30.8 Å². The zero-order chi connectivity index (χ0) is 23.5. The minimum Gasteiger partial charge on any atom is -0.445 e. The summed E-state index contributed by atoms with van der Waals surface area (Å²) in [4.78, 5) is 25.2. The summed E-state index contributed by atoms with van der Waals surface area (Å²) in [5.41, 5.74) is 5.06. The van der Waals surface area contributed by atoms with Crippen LogP contribution < -0.4 is 10.2 Å². The summed E-state index contributed by atoms with van der Waals surface area (Å²) in [6, 6.07) is 13.1. The molecular formula is C24H23F2N3O4. The van der Waals surface area contributed by atoms with Gasteiger partial charge in [-0.1, -0.05) is 24.3 Å². The van der Waals surface area contributed by atoms with Crippen molar-refractivity contribution < 1.29 is 27.8 Å². The van der Waals surface area contributed by atoms with Crippen LogP contribution >= 0.6 is 0 Å². The molecule has 1 N–H and O–H groups in total. The number of nitrogens with one attached hydrogen (secondary N) is 1. The first-order chi connectivity index (χ1) is 15.9.